The van der Waals surface area contributed by atoms with E-state index < -0.39 is 10.9 Å². The molecule has 0 spiro atoms. The fourth-order valence-electron chi connectivity index (χ4n) is 1.83. The van der Waals surface area contributed by atoms with E-state index in [9.17, 15) is 19.7 Å². The second kappa shape index (κ2) is 7.21. The van der Waals surface area contributed by atoms with Crippen molar-refractivity contribution in [1.29, 1.82) is 0 Å². The van der Waals surface area contributed by atoms with Gasteiger partial charge in [0, 0.05) is 18.2 Å². The number of carbonyl (C=O) groups is 2. The van der Waals surface area contributed by atoms with Crippen molar-refractivity contribution < 1.29 is 19.2 Å². The number of nitro groups is 1. The van der Waals surface area contributed by atoms with Crippen molar-refractivity contribution in [1.82, 2.24) is 5.32 Å². The van der Waals surface area contributed by atoms with Gasteiger partial charge in [-0.25, -0.2) is 4.79 Å². The molecule has 0 saturated carbocycles. The molecule has 1 N–H and O–H groups in total. The molecule has 0 aliphatic rings. The van der Waals surface area contributed by atoms with E-state index in [1.165, 1.54) is 19.2 Å². The smallest absolute Gasteiger partial charge is 0.338 e. The zero-order valence-corrected chi connectivity index (χ0v) is 13.4. The fourth-order valence-corrected chi connectivity index (χ4v) is 2.79. The van der Waals surface area contributed by atoms with Crippen molar-refractivity contribution in [2.45, 2.75) is 6.54 Å². The molecule has 2 aromatic rings. The lowest BCUT2D eigenvalue weighted by molar-refractivity contribution is -0.385. The van der Waals surface area contributed by atoms with Crippen LogP contribution in [-0.2, 0) is 11.3 Å². The van der Waals surface area contributed by atoms with Crippen LogP contribution < -0.4 is 5.32 Å². The van der Waals surface area contributed by atoms with E-state index in [0.29, 0.717) is 9.21 Å². The summed E-state index contributed by atoms with van der Waals surface area (Å²) in [6.07, 6.45) is 0. The van der Waals surface area contributed by atoms with Crippen LogP contribution in [0.1, 0.15) is 25.6 Å². The summed E-state index contributed by atoms with van der Waals surface area (Å²) in [5.74, 6) is -1.05. The van der Waals surface area contributed by atoms with Gasteiger partial charge in [-0.3, -0.25) is 14.9 Å². The first-order chi connectivity index (χ1) is 10.9. The lowest BCUT2D eigenvalue weighted by Crippen LogP contribution is -2.22. The highest BCUT2D eigenvalue weighted by atomic mass is 35.5. The van der Waals surface area contributed by atoms with Crippen LogP contribution in [0.2, 0.25) is 4.34 Å². The van der Waals surface area contributed by atoms with E-state index >= 15 is 0 Å². The van der Waals surface area contributed by atoms with Crippen LogP contribution in [-0.4, -0.2) is 23.9 Å². The van der Waals surface area contributed by atoms with E-state index in [1.54, 1.807) is 12.1 Å². The molecule has 0 unspecified atom stereocenters. The van der Waals surface area contributed by atoms with Crippen LogP contribution in [0.3, 0.4) is 0 Å². The molecule has 0 atom stereocenters. The fraction of sp³-hybridized carbons (Fsp3) is 0.143. The van der Waals surface area contributed by atoms with E-state index in [2.05, 4.69) is 10.1 Å². The highest BCUT2D eigenvalue weighted by molar-refractivity contribution is 7.17. The predicted molar refractivity (Wildman–Crippen MR) is 84.9 cm³/mol. The van der Waals surface area contributed by atoms with Gasteiger partial charge in [-0.15, -0.1) is 11.3 Å². The molecular formula is C14H11ClN2O5S. The molecule has 7 nitrogen and oxygen atoms in total. The van der Waals surface area contributed by atoms with Crippen LogP contribution in [0.5, 0.6) is 0 Å². The van der Waals surface area contributed by atoms with Crippen LogP contribution in [0, 0.1) is 10.1 Å². The summed E-state index contributed by atoms with van der Waals surface area (Å²) in [4.78, 5) is 34.3. The second-order valence-electron chi connectivity index (χ2n) is 4.38. The molecule has 0 aliphatic carbocycles. The highest BCUT2D eigenvalue weighted by Gasteiger charge is 2.18. The van der Waals surface area contributed by atoms with Gasteiger partial charge in [0.2, 0.25) is 0 Å². The number of rotatable bonds is 5. The molecule has 1 aromatic heterocycles. The van der Waals surface area contributed by atoms with Gasteiger partial charge in [0.15, 0.2) is 0 Å². The Kier molecular flexibility index (Phi) is 5.30. The quantitative estimate of drug-likeness (QED) is 0.505. The largest absolute Gasteiger partial charge is 0.465 e. The second-order valence-corrected chi connectivity index (χ2v) is 6.09. The minimum Gasteiger partial charge on any atom is -0.465 e. The van der Waals surface area contributed by atoms with Crippen LogP contribution in [0.4, 0.5) is 5.69 Å². The molecule has 0 fully saturated rings. The van der Waals surface area contributed by atoms with Crippen LogP contribution >= 0.6 is 22.9 Å². The maximum absolute atomic E-state index is 11.9. The normalized spacial score (nSPS) is 10.2. The molecule has 0 bridgehead atoms. The number of nitro benzene ring substituents is 1. The molecule has 2 rings (SSSR count). The molecule has 9 heteroatoms. The summed E-state index contributed by atoms with van der Waals surface area (Å²) in [5, 5.41) is 13.7. The number of carbonyl (C=O) groups excluding carboxylic acids is 2. The van der Waals surface area contributed by atoms with E-state index in [0.717, 1.165) is 17.4 Å². The maximum Gasteiger partial charge on any atom is 0.338 e. The van der Waals surface area contributed by atoms with Gasteiger partial charge in [-0.1, -0.05) is 11.6 Å². The molecule has 0 radical (unpaired) electrons. The van der Waals surface area contributed by atoms with Crippen molar-refractivity contribution in [2.24, 2.45) is 0 Å². The third-order valence-corrected chi connectivity index (χ3v) is 4.17. The first-order valence-electron chi connectivity index (χ1n) is 6.31. The molecule has 1 heterocycles. The van der Waals surface area contributed by atoms with Crippen molar-refractivity contribution in [3.8, 4) is 0 Å². The van der Waals surface area contributed by atoms with E-state index in [4.69, 9.17) is 11.6 Å². The molecule has 0 saturated heterocycles. The van der Waals surface area contributed by atoms with Gasteiger partial charge in [-0.05, 0) is 24.3 Å². The Labute approximate surface area is 140 Å². The van der Waals surface area contributed by atoms with Gasteiger partial charge in [0.05, 0.1) is 26.8 Å². The average Bonchev–Trinajstić information content (AvgIpc) is 2.98. The van der Waals surface area contributed by atoms with E-state index in [-0.39, 0.29) is 29.3 Å². The van der Waals surface area contributed by atoms with Gasteiger partial charge in [-0.2, -0.15) is 0 Å². The number of amides is 1. The summed E-state index contributed by atoms with van der Waals surface area (Å²) in [6, 6.07) is 7.09. The molecule has 1 aromatic carbocycles. The Hall–Kier alpha value is -2.45. The Bertz CT molecular complexity index is 774. The highest BCUT2D eigenvalue weighted by Crippen LogP contribution is 2.23. The first kappa shape index (κ1) is 16.9. The predicted octanol–water partition coefficient (Wildman–Crippen LogP) is 3.03. The topological polar surface area (TPSA) is 98.5 Å². The number of nitrogens with one attached hydrogen (secondary N) is 1. The average molecular weight is 355 g/mol. The molecule has 1 amide bonds. The molecule has 0 aliphatic heterocycles. The number of nitrogens with zero attached hydrogens (tertiary/aromatic N) is 1. The Morgan fingerprint density at radius 3 is 2.65 bits per heavy atom. The van der Waals surface area contributed by atoms with Crippen LogP contribution in [0.25, 0.3) is 0 Å². The summed E-state index contributed by atoms with van der Waals surface area (Å²) in [5.41, 5.74) is 0.0791. The summed E-state index contributed by atoms with van der Waals surface area (Å²) >= 11 is 6.86. The summed E-state index contributed by atoms with van der Waals surface area (Å²) < 4.78 is 5.00. The Morgan fingerprint density at radius 1 is 1.35 bits per heavy atom. The van der Waals surface area contributed by atoms with E-state index in [1.807, 2.05) is 0 Å². The van der Waals surface area contributed by atoms with Crippen molar-refractivity contribution in [3.05, 3.63) is 60.8 Å². The Balaban J connectivity index is 2.17. The number of benzene rings is 1. The van der Waals surface area contributed by atoms with Gasteiger partial charge in [0.25, 0.3) is 11.6 Å². The number of halogens is 1. The van der Waals surface area contributed by atoms with Crippen molar-refractivity contribution >= 4 is 40.5 Å². The number of hydrogen-bond acceptors (Lipinski definition) is 6. The van der Waals surface area contributed by atoms with Crippen molar-refractivity contribution in [2.75, 3.05) is 7.11 Å². The molecule has 120 valence electrons. The Morgan fingerprint density at radius 2 is 2.09 bits per heavy atom. The summed E-state index contributed by atoms with van der Waals surface area (Å²) in [6.45, 7) is -0.0495. The number of thiophene rings is 1. The lowest BCUT2D eigenvalue weighted by atomic mass is 10.1. The number of hydrogen-bond donors (Lipinski definition) is 1. The zero-order valence-electron chi connectivity index (χ0n) is 11.9. The van der Waals surface area contributed by atoms with Gasteiger partial charge in [0.1, 0.15) is 0 Å². The van der Waals surface area contributed by atoms with Gasteiger partial charge >= 0.3 is 5.97 Å². The first-order valence-corrected chi connectivity index (χ1v) is 7.51. The number of ether oxygens (including phenoxy) is 1. The maximum atomic E-state index is 11.9. The minimum atomic E-state index is -0.670. The molecular weight excluding hydrogens is 344 g/mol. The summed E-state index contributed by atoms with van der Waals surface area (Å²) in [7, 11) is 1.19. The standard InChI is InChI=1S/C14H11ClN2O5S/c1-22-14(19)8-2-3-9(10(6-8)17(20)21)7-16-13(18)11-4-5-12(15)23-11/h2-6H,7H2,1H3,(H,16,18). The van der Waals surface area contributed by atoms with Crippen molar-refractivity contribution in [3.63, 3.8) is 0 Å². The monoisotopic (exact) mass is 354 g/mol. The minimum absolute atomic E-state index is 0.0495. The number of methoxy groups -OCH3 is 1. The third-order valence-electron chi connectivity index (χ3n) is 2.94. The third kappa shape index (κ3) is 4.05. The lowest BCUT2D eigenvalue weighted by Gasteiger charge is -2.06. The molecule has 23 heavy (non-hydrogen) atoms. The SMILES string of the molecule is COC(=O)c1ccc(CNC(=O)c2ccc(Cl)s2)c([N+](=O)[O-])c1. The number of esters is 1. The van der Waals surface area contributed by atoms with Gasteiger partial charge < -0.3 is 10.1 Å². The van der Waals surface area contributed by atoms with Crippen LogP contribution in [0.15, 0.2) is 30.3 Å². The zero-order chi connectivity index (χ0) is 17.0.